The van der Waals surface area contributed by atoms with E-state index in [-0.39, 0.29) is 5.41 Å². The van der Waals surface area contributed by atoms with Gasteiger partial charge in [-0.3, -0.25) is 0 Å². The molecule has 0 amide bonds. The van der Waals surface area contributed by atoms with E-state index < -0.39 is 0 Å². The maximum atomic E-state index is 6.16. The molecule has 1 atom stereocenters. The van der Waals surface area contributed by atoms with E-state index in [0.29, 0.717) is 11.3 Å². The summed E-state index contributed by atoms with van der Waals surface area (Å²) in [6.45, 7) is 11.0. The minimum Gasteiger partial charge on any atom is -0.377 e. The van der Waals surface area contributed by atoms with Crippen molar-refractivity contribution in [2.75, 3.05) is 24.6 Å². The number of hydrogen-bond acceptors (Lipinski definition) is 4. The van der Waals surface area contributed by atoms with E-state index >= 15 is 0 Å². The van der Waals surface area contributed by atoms with Gasteiger partial charge >= 0.3 is 0 Å². The average Bonchev–Trinajstić information content (AvgIpc) is 2.38. The fraction of sp³-hybridized carbons (Fsp3) is 0.733. The van der Waals surface area contributed by atoms with Crippen molar-refractivity contribution in [3.8, 4) is 0 Å². The van der Waals surface area contributed by atoms with Crippen LogP contribution in [0.1, 0.15) is 46.4 Å². The van der Waals surface area contributed by atoms with Crippen LogP contribution < -0.4 is 4.90 Å². The van der Waals surface area contributed by atoms with Crippen LogP contribution in [0.2, 0.25) is 5.15 Å². The van der Waals surface area contributed by atoms with Crippen molar-refractivity contribution in [3.63, 3.8) is 0 Å². The Bertz CT molecular complexity index is 457. The Morgan fingerprint density at radius 2 is 2.15 bits per heavy atom. The summed E-state index contributed by atoms with van der Waals surface area (Å²) in [6.07, 6.45) is 2.53. The Labute approximate surface area is 126 Å². The van der Waals surface area contributed by atoms with Crippen molar-refractivity contribution in [2.45, 2.75) is 52.1 Å². The third kappa shape index (κ3) is 3.83. The van der Waals surface area contributed by atoms with Crippen molar-refractivity contribution >= 4 is 17.4 Å². The van der Waals surface area contributed by atoms with Crippen LogP contribution in [0.5, 0.6) is 0 Å². The molecule has 1 aliphatic heterocycles. The van der Waals surface area contributed by atoms with Gasteiger partial charge in [0.2, 0.25) is 0 Å². The number of ether oxygens (including phenoxy) is 1. The first kappa shape index (κ1) is 15.5. The zero-order valence-corrected chi connectivity index (χ0v) is 13.6. The maximum absolute atomic E-state index is 6.16. The first-order chi connectivity index (χ1) is 9.40. The Kier molecular flexibility index (Phi) is 4.86. The Morgan fingerprint density at radius 1 is 1.40 bits per heavy atom. The zero-order valence-electron chi connectivity index (χ0n) is 12.8. The predicted molar refractivity (Wildman–Crippen MR) is 82.6 cm³/mol. The molecule has 4 nitrogen and oxygen atoms in total. The first-order valence-corrected chi connectivity index (χ1v) is 7.69. The lowest BCUT2D eigenvalue weighted by Crippen LogP contribution is -2.40. The molecular weight excluding hydrogens is 274 g/mol. The molecule has 2 heterocycles. The van der Waals surface area contributed by atoms with Gasteiger partial charge in [-0.25, -0.2) is 9.97 Å². The molecule has 1 unspecified atom stereocenters. The molecule has 2 rings (SSSR count). The van der Waals surface area contributed by atoms with Gasteiger partial charge < -0.3 is 9.64 Å². The summed E-state index contributed by atoms with van der Waals surface area (Å²) in [4.78, 5) is 11.3. The zero-order chi connectivity index (χ0) is 14.8. The standard InChI is InChI=1S/C15H24ClN3O/c1-5-20-11-7-6-8-19(10-11)13-9-12(16)17-14(18-13)15(2,3)4/h9,11H,5-8,10H2,1-4H3. The van der Waals surface area contributed by atoms with Gasteiger partial charge in [0.25, 0.3) is 0 Å². The molecule has 0 radical (unpaired) electrons. The second-order valence-corrected chi connectivity index (χ2v) is 6.68. The monoisotopic (exact) mass is 297 g/mol. The highest BCUT2D eigenvalue weighted by Crippen LogP contribution is 2.26. The maximum Gasteiger partial charge on any atom is 0.137 e. The summed E-state index contributed by atoms with van der Waals surface area (Å²) in [7, 11) is 0. The predicted octanol–water partition coefficient (Wildman–Crippen LogP) is 3.43. The Hall–Kier alpha value is -0.870. The van der Waals surface area contributed by atoms with Crippen LogP contribution in [0.4, 0.5) is 5.82 Å². The highest BCUT2D eigenvalue weighted by molar-refractivity contribution is 6.29. The molecule has 5 heteroatoms. The van der Waals surface area contributed by atoms with Crippen molar-refractivity contribution < 1.29 is 4.74 Å². The molecule has 0 N–H and O–H groups in total. The van der Waals surface area contributed by atoms with E-state index in [4.69, 9.17) is 21.3 Å². The van der Waals surface area contributed by atoms with E-state index in [1.807, 2.05) is 13.0 Å². The fourth-order valence-electron chi connectivity index (χ4n) is 2.42. The summed E-state index contributed by atoms with van der Waals surface area (Å²) < 4.78 is 5.74. The molecule has 1 saturated heterocycles. The number of nitrogens with zero attached hydrogens (tertiary/aromatic N) is 3. The van der Waals surface area contributed by atoms with Gasteiger partial charge in [-0.05, 0) is 19.8 Å². The topological polar surface area (TPSA) is 38.2 Å². The lowest BCUT2D eigenvalue weighted by Gasteiger charge is -2.34. The molecule has 112 valence electrons. The number of aromatic nitrogens is 2. The van der Waals surface area contributed by atoms with Gasteiger partial charge in [-0.2, -0.15) is 0 Å². The summed E-state index contributed by atoms with van der Waals surface area (Å²) in [6, 6.07) is 1.85. The molecule has 1 aliphatic rings. The molecule has 1 aromatic heterocycles. The molecule has 1 fully saturated rings. The number of piperidine rings is 1. The van der Waals surface area contributed by atoms with Gasteiger partial charge in [-0.15, -0.1) is 0 Å². The van der Waals surface area contributed by atoms with Crippen LogP contribution in [0.15, 0.2) is 6.07 Å². The summed E-state index contributed by atoms with van der Waals surface area (Å²) >= 11 is 6.16. The second-order valence-electron chi connectivity index (χ2n) is 6.29. The molecule has 1 aromatic rings. The van der Waals surface area contributed by atoms with Gasteiger partial charge in [0.05, 0.1) is 6.10 Å². The number of halogens is 1. The third-order valence-electron chi connectivity index (χ3n) is 3.46. The van der Waals surface area contributed by atoms with Crippen molar-refractivity contribution in [1.82, 2.24) is 9.97 Å². The molecule has 0 saturated carbocycles. The summed E-state index contributed by atoms with van der Waals surface area (Å²) in [5, 5.41) is 0.512. The molecule has 0 spiro atoms. The van der Waals surface area contributed by atoms with Crippen LogP contribution in [0, 0.1) is 0 Å². The van der Waals surface area contributed by atoms with Crippen molar-refractivity contribution in [3.05, 3.63) is 17.0 Å². The van der Waals surface area contributed by atoms with E-state index in [1.54, 1.807) is 0 Å². The summed E-state index contributed by atoms with van der Waals surface area (Å²) in [5.74, 6) is 1.71. The van der Waals surface area contributed by atoms with Gasteiger partial charge in [0, 0.05) is 31.2 Å². The average molecular weight is 298 g/mol. The lowest BCUT2D eigenvalue weighted by molar-refractivity contribution is 0.0525. The van der Waals surface area contributed by atoms with Crippen LogP contribution in [-0.2, 0) is 10.2 Å². The molecule has 20 heavy (non-hydrogen) atoms. The quantitative estimate of drug-likeness (QED) is 0.801. The summed E-state index contributed by atoms with van der Waals surface area (Å²) in [5.41, 5.74) is -0.102. The first-order valence-electron chi connectivity index (χ1n) is 7.31. The largest absolute Gasteiger partial charge is 0.377 e. The number of anilines is 1. The number of hydrogen-bond donors (Lipinski definition) is 0. The van der Waals surface area contributed by atoms with Crippen LogP contribution >= 0.6 is 11.6 Å². The second kappa shape index (κ2) is 6.27. The SMILES string of the molecule is CCOC1CCCN(c2cc(Cl)nc(C(C)(C)C)n2)C1. The van der Waals surface area contributed by atoms with Crippen LogP contribution in [0.3, 0.4) is 0 Å². The molecule has 0 bridgehead atoms. The molecule has 0 aliphatic carbocycles. The normalized spacial score (nSPS) is 20.2. The van der Waals surface area contributed by atoms with Crippen LogP contribution in [-0.4, -0.2) is 35.8 Å². The van der Waals surface area contributed by atoms with E-state index in [9.17, 15) is 0 Å². The van der Waals surface area contributed by atoms with Gasteiger partial charge in [-0.1, -0.05) is 32.4 Å². The lowest BCUT2D eigenvalue weighted by atomic mass is 9.96. The highest BCUT2D eigenvalue weighted by Gasteiger charge is 2.24. The third-order valence-corrected chi connectivity index (χ3v) is 3.65. The van der Waals surface area contributed by atoms with E-state index in [2.05, 4.69) is 30.7 Å². The smallest absolute Gasteiger partial charge is 0.137 e. The van der Waals surface area contributed by atoms with Crippen LogP contribution in [0.25, 0.3) is 0 Å². The molecule has 0 aromatic carbocycles. The van der Waals surface area contributed by atoms with E-state index in [0.717, 1.165) is 44.2 Å². The van der Waals surface area contributed by atoms with Crippen molar-refractivity contribution in [2.24, 2.45) is 0 Å². The number of rotatable bonds is 3. The minimum absolute atomic E-state index is 0.102. The van der Waals surface area contributed by atoms with Crippen molar-refractivity contribution in [1.29, 1.82) is 0 Å². The van der Waals surface area contributed by atoms with Gasteiger partial charge in [0.15, 0.2) is 0 Å². The Morgan fingerprint density at radius 3 is 2.80 bits per heavy atom. The minimum atomic E-state index is -0.102. The Balaban J connectivity index is 2.21. The van der Waals surface area contributed by atoms with E-state index in [1.165, 1.54) is 0 Å². The highest BCUT2D eigenvalue weighted by atomic mass is 35.5. The fourth-order valence-corrected chi connectivity index (χ4v) is 2.60. The molecular formula is C15H24ClN3O. The van der Waals surface area contributed by atoms with Gasteiger partial charge in [0.1, 0.15) is 16.8 Å².